The molecule has 1 fully saturated rings. The molecule has 1 saturated carbocycles. The Bertz CT molecular complexity index is 1390. The molecular formula is C32H37ClF4N4O2. The van der Waals surface area contributed by atoms with Crippen molar-refractivity contribution in [1.82, 2.24) is 10.6 Å². The molecule has 0 heterocycles. The molecule has 0 aliphatic heterocycles. The van der Waals surface area contributed by atoms with Crippen molar-refractivity contribution in [1.29, 1.82) is 5.26 Å². The summed E-state index contributed by atoms with van der Waals surface area (Å²) in [5.74, 6) is -1.27. The van der Waals surface area contributed by atoms with Crippen LogP contribution in [-0.4, -0.2) is 38.1 Å². The van der Waals surface area contributed by atoms with Crippen LogP contribution in [0.4, 0.5) is 17.6 Å². The Kier molecular flexibility index (Phi) is 15.4. The van der Waals surface area contributed by atoms with Gasteiger partial charge in [0.1, 0.15) is 5.82 Å². The topological polar surface area (TPSA) is 108 Å². The first kappa shape index (κ1) is 37.1. The molecule has 43 heavy (non-hydrogen) atoms. The zero-order chi connectivity index (χ0) is 32.7. The number of alkyl halides is 3. The standard InChI is InChI=1S/C19H20F4N2O2.C10H8ClN.C3H9N/c1-11(10-25-17(26)12(2)13(3)19(21,22)23)8-16(18(27)24-4)14-6-5-7-15(20)9-14;11-10-4-7(6-12)3-9(5-10)8-1-2-8;1-2-3-4/h5-9H,1,10H2,2-4H3,(H,24,27)(H,25,26);3-5,8H,1-2H2;2-4H2,1H3/b13-12+,16-8-;;. The van der Waals surface area contributed by atoms with Gasteiger partial charge >= 0.3 is 6.18 Å². The number of nitriles is 1. The number of nitrogens with two attached hydrogens (primary N) is 1. The molecule has 0 radical (unpaired) electrons. The predicted octanol–water partition coefficient (Wildman–Crippen LogP) is 6.97. The molecule has 0 bridgehead atoms. The van der Waals surface area contributed by atoms with E-state index in [9.17, 15) is 27.2 Å². The molecular weight excluding hydrogens is 584 g/mol. The van der Waals surface area contributed by atoms with E-state index < -0.39 is 35.0 Å². The van der Waals surface area contributed by atoms with E-state index in [0.29, 0.717) is 22.1 Å². The van der Waals surface area contributed by atoms with Crippen molar-refractivity contribution >= 4 is 29.0 Å². The van der Waals surface area contributed by atoms with Gasteiger partial charge in [-0.3, -0.25) is 9.59 Å². The van der Waals surface area contributed by atoms with E-state index in [0.717, 1.165) is 32.9 Å². The van der Waals surface area contributed by atoms with Crippen LogP contribution in [0.3, 0.4) is 0 Å². The molecule has 3 rings (SSSR count). The van der Waals surface area contributed by atoms with Gasteiger partial charge in [-0.25, -0.2) is 4.39 Å². The summed E-state index contributed by atoms with van der Waals surface area (Å²) in [5, 5.41) is 14.1. The van der Waals surface area contributed by atoms with Crippen LogP contribution < -0.4 is 16.4 Å². The fourth-order valence-electron chi connectivity index (χ4n) is 3.36. The summed E-state index contributed by atoms with van der Waals surface area (Å²) in [5.41, 5.74) is 6.12. The van der Waals surface area contributed by atoms with Gasteiger partial charge in [-0.2, -0.15) is 18.4 Å². The lowest BCUT2D eigenvalue weighted by molar-refractivity contribution is -0.119. The van der Waals surface area contributed by atoms with E-state index in [4.69, 9.17) is 22.6 Å². The second kappa shape index (κ2) is 17.9. The average molecular weight is 621 g/mol. The monoisotopic (exact) mass is 620 g/mol. The van der Waals surface area contributed by atoms with Gasteiger partial charge in [0.05, 0.1) is 11.6 Å². The molecule has 4 N–H and O–H groups in total. The summed E-state index contributed by atoms with van der Waals surface area (Å²) in [6.07, 6.45) is 0.322. The van der Waals surface area contributed by atoms with Crippen molar-refractivity contribution in [2.24, 2.45) is 5.73 Å². The normalized spacial score (nSPS) is 13.2. The number of hydrogen-bond acceptors (Lipinski definition) is 4. The van der Waals surface area contributed by atoms with Crippen LogP contribution in [0.15, 0.2) is 71.8 Å². The summed E-state index contributed by atoms with van der Waals surface area (Å²) in [7, 11) is 1.40. The molecule has 11 heteroatoms. The SMILES string of the molecule is C=C(/C=C(\C(=O)NC)c1cccc(F)c1)CNC(=O)/C(C)=C(\C)C(F)(F)F.CCCN.N#Cc1cc(Cl)cc(C2CC2)c1. The van der Waals surface area contributed by atoms with Crippen LogP contribution in [0.5, 0.6) is 0 Å². The Morgan fingerprint density at radius 3 is 2.28 bits per heavy atom. The van der Waals surface area contributed by atoms with E-state index in [1.165, 1.54) is 49.7 Å². The van der Waals surface area contributed by atoms with E-state index >= 15 is 0 Å². The number of likely N-dealkylation sites (N-methyl/N-ethyl adjacent to an activating group) is 1. The van der Waals surface area contributed by atoms with Crippen molar-refractivity contribution in [3.8, 4) is 6.07 Å². The van der Waals surface area contributed by atoms with E-state index in [1.807, 2.05) is 12.1 Å². The smallest absolute Gasteiger partial charge is 0.355 e. The van der Waals surface area contributed by atoms with Crippen LogP contribution in [0.25, 0.3) is 5.57 Å². The molecule has 0 saturated heterocycles. The molecule has 232 valence electrons. The fraction of sp³-hybridized carbons (Fsp3) is 0.344. The largest absolute Gasteiger partial charge is 0.412 e. The predicted molar refractivity (Wildman–Crippen MR) is 163 cm³/mol. The number of halogens is 5. The van der Waals surface area contributed by atoms with Crippen LogP contribution in [-0.2, 0) is 9.59 Å². The second-order valence-electron chi connectivity index (χ2n) is 9.68. The third-order valence-corrected chi connectivity index (χ3v) is 6.36. The highest BCUT2D eigenvalue weighted by Gasteiger charge is 2.33. The van der Waals surface area contributed by atoms with Crippen LogP contribution >= 0.6 is 11.6 Å². The zero-order valence-corrected chi connectivity index (χ0v) is 25.4. The minimum Gasteiger partial charge on any atom is -0.355 e. The zero-order valence-electron chi connectivity index (χ0n) is 24.7. The number of benzene rings is 2. The summed E-state index contributed by atoms with van der Waals surface area (Å²) in [6, 6.07) is 13.0. The number of amides is 2. The maximum absolute atomic E-state index is 13.4. The van der Waals surface area contributed by atoms with Gasteiger partial charge in [-0.15, -0.1) is 0 Å². The summed E-state index contributed by atoms with van der Waals surface area (Å²) < 4.78 is 51.3. The maximum atomic E-state index is 13.4. The Hall–Kier alpha value is -3.94. The first-order valence-corrected chi connectivity index (χ1v) is 13.9. The maximum Gasteiger partial charge on any atom is 0.412 e. The van der Waals surface area contributed by atoms with Gasteiger partial charge in [0.2, 0.25) is 5.91 Å². The Morgan fingerprint density at radius 2 is 1.79 bits per heavy atom. The van der Waals surface area contributed by atoms with Crippen molar-refractivity contribution in [2.45, 2.75) is 52.1 Å². The van der Waals surface area contributed by atoms with Crippen LogP contribution in [0, 0.1) is 17.1 Å². The average Bonchev–Trinajstić information content (AvgIpc) is 3.83. The van der Waals surface area contributed by atoms with Crippen molar-refractivity contribution < 1.29 is 27.2 Å². The first-order valence-electron chi connectivity index (χ1n) is 13.5. The molecule has 0 spiro atoms. The van der Waals surface area contributed by atoms with Gasteiger partial charge in [0.15, 0.2) is 0 Å². The lowest BCUT2D eigenvalue weighted by Crippen LogP contribution is -2.28. The Morgan fingerprint density at radius 1 is 1.16 bits per heavy atom. The lowest BCUT2D eigenvalue weighted by Gasteiger charge is -2.12. The Balaban J connectivity index is 0.000000470. The minimum atomic E-state index is -4.60. The molecule has 2 aromatic carbocycles. The second-order valence-corrected chi connectivity index (χ2v) is 10.1. The highest BCUT2D eigenvalue weighted by Crippen LogP contribution is 2.41. The van der Waals surface area contributed by atoms with Gasteiger partial charge in [-0.1, -0.05) is 37.2 Å². The molecule has 2 aromatic rings. The molecule has 1 aliphatic carbocycles. The minimum absolute atomic E-state index is 0.106. The van der Waals surface area contributed by atoms with E-state index in [2.05, 4.69) is 30.2 Å². The van der Waals surface area contributed by atoms with Gasteiger partial charge in [0.25, 0.3) is 5.91 Å². The Labute approximate surface area is 255 Å². The number of carbonyl (C=O) groups is 2. The van der Waals surface area contributed by atoms with Crippen LogP contribution in [0.2, 0.25) is 5.02 Å². The third-order valence-electron chi connectivity index (χ3n) is 6.15. The van der Waals surface area contributed by atoms with Crippen molar-refractivity contribution in [2.75, 3.05) is 20.1 Å². The van der Waals surface area contributed by atoms with Gasteiger partial charge < -0.3 is 16.4 Å². The molecule has 0 aromatic heterocycles. The molecule has 0 atom stereocenters. The number of carbonyl (C=O) groups excluding carboxylic acids is 2. The van der Waals surface area contributed by atoms with Gasteiger partial charge in [-0.05, 0) is 98.7 Å². The molecule has 6 nitrogen and oxygen atoms in total. The van der Waals surface area contributed by atoms with Crippen molar-refractivity contribution in [3.05, 3.63) is 99.4 Å². The van der Waals surface area contributed by atoms with Gasteiger partial charge in [0, 0.05) is 35.3 Å². The highest BCUT2D eigenvalue weighted by molar-refractivity contribution is 6.30. The number of allylic oxidation sites excluding steroid dienone is 1. The summed E-state index contributed by atoms with van der Waals surface area (Å²) in [4.78, 5) is 23.9. The highest BCUT2D eigenvalue weighted by atomic mass is 35.5. The van der Waals surface area contributed by atoms with Crippen LogP contribution in [0.1, 0.15) is 62.6 Å². The number of nitrogens with one attached hydrogen (secondary N) is 2. The molecule has 0 unspecified atom stereocenters. The molecule has 1 aliphatic rings. The fourth-order valence-corrected chi connectivity index (χ4v) is 3.61. The number of rotatable bonds is 8. The van der Waals surface area contributed by atoms with E-state index in [1.54, 1.807) is 6.07 Å². The number of hydrogen-bond donors (Lipinski definition) is 3. The first-order chi connectivity index (χ1) is 20.2. The molecule has 2 amide bonds. The van der Waals surface area contributed by atoms with E-state index in [-0.39, 0.29) is 17.7 Å². The lowest BCUT2D eigenvalue weighted by atomic mass is 10.0. The summed E-state index contributed by atoms with van der Waals surface area (Å²) >= 11 is 5.85. The van der Waals surface area contributed by atoms with Crippen molar-refractivity contribution in [3.63, 3.8) is 0 Å². The quantitative estimate of drug-likeness (QED) is 0.168. The third kappa shape index (κ3) is 13.3. The number of nitrogens with zero attached hydrogens (tertiary/aromatic N) is 1. The summed E-state index contributed by atoms with van der Waals surface area (Å²) in [6.45, 7) is 8.26.